The zero-order valence-electron chi connectivity index (χ0n) is 14.5. The number of fused-ring (bicyclic) bond motifs is 1. The summed E-state index contributed by atoms with van der Waals surface area (Å²) in [5.74, 6) is -0.922. The van der Waals surface area contributed by atoms with Crippen LogP contribution >= 0.6 is 11.6 Å². The number of benzene rings is 2. The molecule has 4 rings (SSSR count). The fourth-order valence-electron chi connectivity index (χ4n) is 2.68. The van der Waals surface area contributed by atoms with Crippen molar-refractivity contribution >= 4 is 40.3 Å². The minimum absolute atomic E-state index is 0.160. The van der Waals surface area contributed by atoms with Crippen molar-refractivity contribution in [2.75, 3.05) is 5.32 Å². The van der Waals surface area contributed by atoms with E-state index in [1.165, 1.54) is 30.5 Å². The zero-order valence-corrected chi connectivity index (χ0v) is 15.2. The van der Waals surface area contributed by atoms with Crippen LogP contribution in [0, 0.1) is 5.82 Å². The zero-order chi connectivity index (χ0) is 19.5. The van der Waals surface area contributed by atoms with E-state index in [9.17, 15) is 9.18 Å². The lowest BCUT2D eigenvalue weighted by atomic mass is 10.2. The predicted octanol–water partition coefficient (Wildman–Crippen LogP) is 3.58. The topological polar surface area (TPSA) is 77.6 Å². The van der Waals surface area contributed by atoms with Gasteiger partial charge in [0.2, 0.25) is 5.91 Å². The summed E-state index contributed by atoms with van der Waals surface area (Å²) in [7, 11) is 0. The third kappa shape index (κ3) is 3.77. The molecule has 140 valence electrons. The van der Waals surface area contributed by atoms with Gasteiger partial charge in [-0.2, -0.15) is 5.10 Å². The van der Waals surface area contributed by atoms with Crippen LogP contribution < -0.4 is 5.32 Å². The van der Waals surface area contributed by atoms with Crippen molar-refractivity contribution in [3.63, 3.8) is 0 Å². The summed E-state index contributed by atoms with van der Waals surface area (Å²) >= 11 is 5.94. The number of nitrogens with zero attached hydrogens (tertiary/aromatic N) is 5. The van der Waals surface area contributed by atoms with Gasteiger partial charge >= 0.3 is 0 Å². The van der Waals surface area contributed by atoms with Crippen LogP contribution in [-0.4, -0.2) is 30.7 Å². The minimum Gasteiger partial charge on any atom is -0.320 e. The summed E-state index contributed by atoms with van der Waals surface area (Å²) in [6, 6.07) is 11.9. The number of carbonyl (C=O) groups is 1. The maximum atomic E-state index is 13.7. The molecule has 1 N–H and O–H groups in total. The highest BCUT2D eigenvalue weighted by Crippen LogP contribution is 2.20. The third-order valence-corrected chi connectivity index (χ3v) is 4.33. The van der Waals surface area contributed by atoms with Crippen LogP contribution in [0.4, 0.5) is 10.1 Å². The van der Waals surface area contributed by atoms with Gasteiger partial charge in [0.05, 0.1) is 28.6 Å². The molecule has 0 fully saturated rings. The number of para-hydroxylation sites is 1. The van der Waals surface area contributed by atoms with Gasteiger partial charge in [-0.1, -0.05) is 35.0 Å². The number of nitrogens with one attached hydrogen (secondary N) is 1. The average molecular weight is 397 g/mol. The van der Waals surface area contributed by atoms with Crippen LogP contribution in [0.5, 0.6) is 0 Å². The van der Waals surface area contributed by atoms with Gasteiger partial charge in [-0.25, -0.2) is 13.8 Å². The fourth-order valence-corrected chi connectivity index (χ4v) is 2.90. The molecule has 0 radical (unpaired) electrons. The summed E-state index contributed by atoms with van der Waals surface area (Å²) in [5, 5.41) is 15.3. The molecule has 0 aliphatic rings. The molecule has 9 heteroatoms. The van der Waals surface area contributed by atoms with Crippen LogP contribution in [0.3, 0.4) is 0 Å². The summed E-state index contributed by atoms with van der Waals surface area (Å²) in [5.41, 5.74) is 2.33. The van der Waals surface area contributed by atoms with Gasteiger partial charge in [-0.3, -0.25) is 4.79 Å². The van der Waals surface area contributed by atoms with E-state index in [4.69, 9.17) is 11.6 Å². The van der Waals surface area contributed by atoms with Crippen LogP contribution in [0.1, 0.15) is 5.56 Å². The molecule has 0 spiro atoms. The highest BCUT2D eigenvalue weighted by Gasteiger charge is 2.07. The summed E-state index contributed by atoms with van der Waals surface area (Å²) in [6.45, 7) is 0.344. The van der Waals surface area contributed by atoms with E-state index >= 15 is 0 Å². The van der Waals surface area contributed by atoms with Crippen LogP contribution in [0.2, 0.25) is 5.02 Å². The van der Waals surface area contributed by atoms with Crippen molar-refractivity contribution in [3.8, 4) is 0 Å². The highest BCUT2D eigenvalue weighted by molar-refractivity contribution is 6.32. The van der Waals surface area contributed by atoms with Gasteiger partial charge in [0.25, 0.3) is 0 Å². The molecule has 0 saturated carbocycles. The molecule has 2 aromatic carbocycles. The molecule has 1 amide bonds. The van der Waals surface area contributed by atoms with Gasteiger partial charge in [-0.15, -0.1) is 5.10 Å². The number of hydrogen-bond acceptors (Lipinski definition) is 4. The van der Waals surface area contributed by atoms with E-state index in [1.807, 2.05) is 24.3 Å². The number of anilines is 1. The molecule has 0 aliphatic carbocycles. The monoisotopic (exact) mass is 396 g/mol. The maximum absolute atomic E-state index is 13.7. The molecule has 0 unspecified atom stereocenters. The Morgan fingerprint density at radius 3 is 2.93 bits per heavy atom. The molecule has 0 saturated heterocycles. The SMILES string of the molecule is O=C(/C=C/c1c(F)cccc1Cl)Nc1cnn(Cn2nnc3ccccc32)c1. The van der Waals surface area contributed by atoms with Gasteiger partial charge in [-0.05, 0) is 30.3 Å². The molecule has 0 bridgehead atoms. The number of amides is 1. The van der Waals surface area contributed by atoms with Crippen LogP contribution in [-0.2, 0) is 11.5 Å². The van der Waals surface area contributed by atoms with Gasteiger partial charge < -0.3 is 5.32 Å². The Morgan fingerprint density at radius 2 is 2.07 bits per heavy atom. The summed E-state index contributed by atoms with van der Waals surface area (Å²) in [4.78, 5) is 12.1. The Labute approximate surface area is 164 Å². The van der Waals surface area contributed by atoms with Crippen molar-refractivity contribution in [1.29, 1.82) is 0 Å². The molecule has 28 heavy (non-hydrogen) atoms. The molecule has 2 aromatic heterocycles. The number of halogens is 2. The normalized spacial score (nSPS) is 11.4. The largest absolute Gasteiger partial charge is 0.320 e. The van der Waals surface area contributed by atoms with Gasteiger partial charge in [0, 0.05) is 11.6 Å². The summed E-state index contributed by atoms with van der Waals surface area (Å²) in [6.07, 6.45) is 5.73. The predicted molar refractivity (Wildman–Crippen MR) is 104 cm³/mol. The Bertz CT molecular complexity index is 1160. The van der Waals surface area contributed by atoms with Crippen molar-refractivity contribution in [2.24, 2.45) is 0 Å². The van der Waals surface area contributed by atoms with E-state index < -0.39 is 11.7 Å². The van der Waals surface area contributed by atoms with Crippen LogP contribution in [0.15, 0.2) is 60.9 Å². The first-order valence-corrected chi connectivity index (χ1v) is 8.72. The lowest BCUT2D eigenvalue weighted by molar-refractivity contribution is -0.111. The fraction of sp³-hybridized carbons (Fsp3) is 0.0526. The van der Waals surface area contributed by atoms with Crippen molar-refractivity contribution in [2.45, 2.75) is 6.67 Å². The second-order valence-corrected chi connectivity index (χ2v) is 6.35. The Morgan fingerprint density at radius 1 is 1.21 bits per heavy atom. The van der Waals surface area contributed by atoms with Gasteiger partial charge in [0.15, 0.2) is 0 Å². The second kappa shape index (κ2) is 7.61. The number of carbonyl (C=O) groups excluding carboxylic acids is 1. The molecule has 0 atom stereocenters. The molecular weight excluding hydrogens is 383 g/mol. The Balaban J connectivity index is 1.43. The van der Waals surface area contributed by atoms with E-state index in [2.05, 4.69) is 20.7 Å². The minimum atomic E-state index is -0.496. The first-order valence-electron chi connectivity index (χ1n) is 8.34. The molecule has 0 aliphatic heterocycles. The van der Waals surface area contributed by atoms with E-state index in [-0.39, 0.29) is 10.6 Å². The van der Waals surface area contributed by atoms with Gasteiger partial charge in [0.1, 0.15) is 18.0 Å². The first-order chi connectivity index (χ1) is 13.6. The Hall–Kier alpha value is -3.52. The number of rotatable bonds is 5. The molecule has 7 nitrogen and oxygen atoms in total. The van der Waals surface area contributed by atoms with Crippen LogP contribution in [0.25, 0.3) is 17.1 Å². The average Bonchev–Trinajstić information content (AvgIpc) is 3.29. The third-order valence-electron chi connectivity index (χ3n) is 4.00. The molecule has 4 aromatic rings. The quantitative estimate of drug-likeness (QED) is 0.523. The number of hydrogen-bond donors (Lipinski definition) is 1. The van der Waals surface area contributed by atoms with Crippen molar-refractivity contribution < 1.29 is 9.18 Å². The first kappa shape index (κ1) is 17.9. The standard InChI is InChI=1S/C19H14ClFN6O/c20-15-4-3-5-16(21)14(15)8-9-19(28)23-13-10-22-26(11-13)12-27-18-7-2-1-6-17(18)24-25-27/h1-11H,12H2,(H,23,28)/b9-8+. The summed E-state index contributed by atoms with van der Waals surface area (Å²) < 4.78 is 17.1. The van der Waals surface area contributed by atoms with E-state index in [0.29, 0.717) is 12.4 Å². The smallest absolute Gasteiger partial charge is 0.248 e. The number of aromatic nitrogens is 5. The van der Waals surface area contributed by atoms with E-state index in [0.717, 1.165) is 11.0 Å². The maximum Gasteiger partial charge on any atom is 0.248 e. The molecular formula is C19H14ClFN6O. The van der Waals surface area contributed by atoms with Crippen molar-refractivity contribution in [3.05, 3.63) is 77.3 Å². The van der Waals surface area contributed by atoms with Crippen molar-refractivity contribution in [1.82, 2.24) is 24.8 Å². The lowest BCUT2D eigenvalue weighted by Crippen LogP contribution is -2.10. The lowest BCUT2D eigenvalue weighted by Gasteiger charge is -2.02. The molecule has 2 heterocycles. The highest BCUT2D eigenvalue weighted by atomic mass is 35.5. The van der Waals surface area contributed by atoms with E-state index in [1.54, 1.807) is 21.6 Å². The second-order valence-electron chi connectivity index (χ2n) is 5.95. The Kier molecular flexibility index (Phi) is 4.86.